The molecule has 0 radical (unpaired) electrons. The zero-order chi connectivity index (χ0) is 11.4. The van der Waals surface area contributed by atoms with E-state index in [9.17, 15) is 5.11 Å². The highest BCUT2D eigenvalue weighted by atomic mass is 16.5. The maximum atomic E-state index is 9.84. The summed E-state index contributed by atoms with van der Waals surface area (Å²) in [6.45, 7) is 0. The Morgan fingerprint density at radius 3 is 2.75 bits per heavy atom. The van der Waals surface area contributed by atoms with Crippen molar-refractivity contribution in [1.82, 2.24) is 0 Å². The van der Waals surface area contributed by atoms with Crippen molar-refractivity contribution < 1.29 is 9.84 Å². The quantitative estimate of drug-likeness (QED) is 0.776. The van der Waals surface area contributed by atoms with Gasteiger partial charge in [0.25, 0.3) is 0 Å². The highest BCUT2D eigenvalue weighted by Crippen LogP contribution is 2.36. The first-order valence-electron chi connectivity index (χ1n) is 6.12. The summed E-state index contributed by atoms with van der Waals surface area (Å²) < 4.78 is 5.39. The normalized spacial score (nSPS) is 26.1. The lowest BCUT2D eigenvalue weighted by molar-refractivity contribution is 0.151. The van der Waals surface area contributed by atoms with Gasteiger partial charge in [-0.1, -0.05) is 31.0 Å². The summed E-state index contributed by atoms with van der Waals surface area (Å²) in [6.07, 6.45) is 5.20. The van der Waals surface area contributed by atoms with Gasteiger partial charge in [-0.15, -0.1) is 0 Å². The Balaban J connectivity index is 2.20. The van der Waals surface area contributed by atoms with Gasteiger partial charge in [0.05, 0.1) is 13.2 Å². The van der Waals surface area contributed by atoms with E-state index in [1.54, 1.807) is 7.11 Å². The number of benzene rings is 1. The van der Waals surface area contributed by atoms with Gasteiger partial charge in [-0.2, -0.15) is 0 Å². The van der Waals surface area contributed by atoms with E-state index < -0.39 is 0 Å². The Morgan fingerprint density at radius 2 is 1.94 bits per heavy atom. The Bertz CT molecular complexity index is 335. The van der Waals surface area contributed by atoms with Crippen LogP contribution in [0.15, 0.2) is 24.3 Å². The Labute approximate surface area is 97.3 Å². The molecule has 0 aliphatic heterocycles. The van der Waals surface area contributed by atoms with E-state index in [1.807, 2.05) is 12.1 Å². The second-order valence-electron chi connectivity index (χ2n) is 4.61. The lowest BCUT2D eigenvalue weighted by Gasteiger charge is -2.19. The SMILES string of the molecule is COc1ccccc1C1CCCCC(O)C1. The monoisotopic (exact) mass is 220 g/mol. The predicted molar refractivity (Wildman–Crippen MR) is 64.8 cm³/mol. The van der Waals surface area contributed by atoms with Crippen molar-refractivity contribution in [2.75, 3.05) is 7.11 Å². The number of rotatable bonds is 2. The number of aliphatic hydroxyl groups excluding tert-OH is 1. The molecular weight excluding hydrogens is 200 g/mol. The summed E-state index contributed by atoms with van der Waals surface area (Å²) in [5.41, 5.74) is 1.26. The van der Waals surface area contributed by atoms with Crippen LogP contribution in [0.3, 0.4) is 0 Å². The maximum Gasteiger partial charge on any atom is 0.122 e. The number of hydrogen-bond acceptors (Lipinski definition) is 2. The minimum absolute atomic E-state index is 0.141. The molecule has 1 saturated carbocycles. The van der Waals surface area contributed by atoms with E-state index in [-0.39, 0.29) is 6.10 Å². The number of ether oxygens (including phenoxy) is 1. The van der Waals surface area contributed by atoms with Crippen LogP contribution < -0.4 is 4.74 Å². The predicted octanol–water partition coefficient (Wildman–Crippen LogP) is 3.10. The first-order chi connectivity index (χ1) is 7.81. The summed E-state index contributed by atoms with van der Waals surface area (Å²) in [5.74, 6) is 1.41. The fraction of sp³-hybridized carbons (Fsp3) is 0.571. The van der Waals surface area contributed by atoms with Crippen molar-refractivity contribution >= 4 is 0 Å². The molecule has 16 heavy (non-hydrogen) atoms. The van der Waals surface area contributed by atoms with Gasteiger partial charge < -0.3 is 9.84 Å². The highest BCUT2D eigenvalue weighted by Gasteiger charge is 2.22. The third-order valence-electron chi connectivity index (χ3n) is 3.48. The van der Waals surface area contributed by atoms with E-state index in [0.717, 1.165) is 31.4 Å². The minimum atomic E-state index is -0.141. The summed E-state index contributed by atoms with van der Waals surface area (Å²) in [4.78, 5) is 0. The first-order valence-corrected chi connectivity index (χ1v) is 6.12. The molecule has 1 aromatic rings. The number of methoxy groups -OCH3 is 1. The van der Waals surface area contributed by atoms with Crippen LogP contribution in [0.4, 0.5) is 0 Å². The van der Waals surface area contributed by atoms with Crippen LogP contribution in [0.25, 0.3) is 0 Å². The van der Waals surface area contributed by atoms with Crippen LogP contribution in [-0.2, 0) is 0 Å². The Hall–Kier alpha value is -1.02. The van der Waals surface area contributed by atoms with Crippen molar-refractivity contribution in [3.8, 4) is 5.75 Å². The van der Waals surface area contributed by atoms with Crippen molar-refractivity contribution in [2.45, 2.75) is 44.1 Å². The smallest absolute Gasteiger partial charge is 0.122 e. The highest BCUT2D eigenvalue weighted by molar-refractivity contribution is 5.36. The maximum absolute atomic E-state index is 9.84. The summed E-state index contributed by atoms with van der Waals surface area (Å²) >= 11 is 0. The van der Waals surface area contributed by atoms with Gasteiger partial charge in [-0.25, -0.2) is 0 Å². The van der Waals surface area contributed by atoms with Gasteiger partial charge >= 0.3 is 0 Å². The van der Waals surface area contributed by atoms with Crippen LogP contribution in [0.5, 0.6) is 5.75 Å². The van der Waals surface area contributed by atoms with Crippen molar-refractivity contribution in [3.05, 3.63) is 29.8 Å². The van der Waals surface area contributed by atoms with Crippen LogP contribution >= 0.6 is 0 Å². The number of para-hydroxylation sites is 1. The summed E-state index contributed by atoms with van der Waals surface area (Å²) in [6, 6.07) is 8.18. The lowest BCUT2D eigenvalue weighted by Crippen LogP contribution is -2.10. The minimum Gasteiger partial charge on any atom is -0.496 e. The molecule has 1 fully saturated rings. The molecule has 0 aromatic heterocycles. The molecule has 2 heteroatoms. The van der Waals surface area contributed by atoms with Crippen LogP contribution in [0.2, 0.25) is 0 Å². The Kier molecular flexibility index (Phi) is 3.83. The average Bonchev–Trinajstić information content (AvgIpc) is 2.54. The molecule has 88 valence electrons. The second kappa shape index (κ2) is 5.35. The van der Waals surface area contributed by atoms with E-state index in [0.29, 0.717) is 5.92 Å². The molecule has 1 aliphatic carbocycles. The van der Waals surface area contributed by atoms with Gasteiger partial charge in [-0.05, 0) is 36.8 Å². The zero-order valence-electron chi connectivity index (χ0n) is 9.86. The molecule has 2 rings (SSSR count). The fourth-order valence-corrected chi connectivity index (χ4v) is 2.62. The molecule has 0 heterocycles. The second-order valence-corrected chi connectivity index (χ2v) is 4.61. The summed E-state index contributed by atoms with van der Waals surface area (Å²) in [5, 5.41) is 9.84. The molecule has 2 nitrogen and oxygen atoms in total. The van der Waals surface area contributed by atoms with Crippen LogP contribution in [0.1, 0.15) is 43.6 Å². The third kappa shape index (κ3) is 2.56. The van der Waals surface area contributed by atoms with Crippen LogP contribution in [0, 0.1) is 0 Å². The zero-order valence-corrected chi connectivity index (χ0v) is 9.86. The number of hydrogen-bond donors (Lipinski definition) is 1. The molecule has 2 unspecified atom stereocenters. The van der Waals surface area contributed by atoms with E-state index in [4.69, 9.17) is 4.74 Å². The van der Waals surface area contributed by atoms with Gasteiger partial charge in [0.1, 0.15) is 5.75 Å². The number of aliphatic hydroxyl groups is 1. The van der Waals surface area contributed by atoms with Gasteiger partial charge in [-0.3, -0.25) is 0 Å². The van der Waals surface area contributed by atoms with E-state index in [2.05, 4.69) is 12.1 Å². The van der Waals surface area contributed by atoms with Crippen molar-refractivity contribution in [3.63, 3.8) is 0 Å². The van der Waals surface area contributed by atoms with E-state index >= 15 is 0 Å². The molecule has 2 atom stereocenters. The molecule has 0 bridgehead atoms. The van der Waals surface area contributed by atoms with Gasteiger partial charge in [0.2, 0.25) is 0 Å². The molecule has 1 N–H and O–H groups in total. The third-order valence-corrected chi connectivity index (χ3v) is 3.48. The lowest BCUT2D eigenvalue weighted by atomic mass is 9.90. The molecule has 0 amide bonds. The Morgan fingerprint density at radius 1 is 1.19 bits per heavy atom. The average molecular weight is 220 g/mol. The van der Waals surface area contributed by atoms with Crippen molar-refractivity contribution in [1.29, 1.82) is 0 Å². The standard InChI is InChI=1S/C14H20O2/c1-16-14-9-5-4-8-13(14)11-6-2-3-7-12(15)10-11/h4-5,8-9,11-12,15H,2-3,6-7,10H2,1H3. The molecule has 0 spiro atoms. The largest absolute Gasteiger partial charge is 0.496 e. The fourth-order valence-electron chi connectivity index (χ4n) is 2.62. The molecular formula is C14H20O2. The van der Waals surface area contributed by atoms with Crippen molar-refractivity contribution in [2.24, 2.45) is 0 Å². The summed E-state index contributed by atoms with van der Waals surface area (Å²) in [7, 11) is 1.71. The van der Waals surface area contributed by atoms with Crippen LogP contribution in [-0.4, -0.2) is 18.3 Å². The molecule has 1 aromatic carbocycles. The molecule has 1 aliphatic rings. The van der Waals surface area contributed by atoms with Gasteiger partial charge in [0, 0.05) is 0 Å². The topological polar surface area (TPSA) is 29.5 Å². The van der Waals surface area contributed by atoms with E-state index in [1.165, 1.54) is 12.0 Å². The first kappa shape index (κ1) is 11.5. The molecule has 0 saturated heterocycles. The van der Waals surface area contributed by atoms with Gasteiger partial charge in [0.15, 0.2) is 0 Å².